The molecule has 0 spiro atoms. The minimum atomic E-state index is -0.327. The minimum Gasteiger partial charge on any atom is -0.384 e. The van der Waals surface area contributed by atoms with Crippen LogP contribution in [0.4, 0.5) is 15.9 Å². The van der Waals surface area contributed by atoms with Crippen LogP contribution in [0.2, 0.25) is 0 Å². The molecule has 2 aliphatic carbocycles. The van der Waals surface area contributed by atoms with Gasteiger partial charge < -0.3 is 20.7 Å². The van der Waals surface area contributed by atoms with Crippen molar-refractivity contribution in [3.8, 4) is 11.1 Å². The summed E-state index contributed by atoms with van der Waals surface area (Å²) in [6, 6.07) is 5.02. The van der Waals surface area contributed by atoms with Crippen LogP contribution in [0.25, 0.3) is 11.1 Å². The molecule has 1 atom stereocenters. The summed E-state index contributed by atoms with van der Waals surface area (Å²) in [7, 11) is 1.74. The molecule has 2 aromatic rings. The molecule has 168 valence electrons. The van der Waals surface area contributed by atoms with Crippen LogP contribution in [0.1, 0.15) is 45.4 Å². The predicted octanol–water partition coefficient (Wildman–Crippen LogP) is 4.45. The van der Waals surface area contributed by atoms with Crippen molar-refractivity contribution in [2.45, 2.75) is 63.6 Å². The first-order valence-electron chi connectivity index (χ1n) is 11.5. The fraction of sp³-hybridized carbons (Fsp3) is 0.583. The number of hydrogen-bond donors (Lipinski definition) is 3. The molecule has 31 heavy (non-hydrogen) atoms. The third kappa shape index (κ3) is 6.37. The van der Waals surface area contributed by atoms with Gasteiger partial charge in [0.1, 0.15) is 11.6 Å². The van der Waals surface area contributed by atoms with E-state index >= 15 is 0 Å². The van der Waals surface area contributed by atoms with Gasteiger partial charge in [0.05, 0.1) is 18.5 Å². The van der Waals surface area contributed by atoms with Gasteiger partial charge in [0.15, 0.2) is 0 Å². The molecule has 6 nitrogen and oxygen atoms in total. The first-order valence-corrected chi connectivity index (χ1v) is 11.5. The van der Waals surface area contributed by atoms with Crippen molar-refractivity contribution >= 4 is 11.5 Å². The Morgan fingerprint density at radius 1 is 1.06 bits per heavy atom. The van der Waals surface area contributed by atoms with Gasteiger partial charge in [-0.25, -0.2) is 9.37 Å². The van der Waals surface area contributed by atoms with Crippen molar-refractivity contribution in [3.05, 3.63) is 36.5 Å². The van der Waals surface area contributed by atoms with Crippen molar-refractivity contribution in [2.24, 2.45) is 5.92 Å². The van der Waals surface area contributed by atoms with E-state index < -0.39 is 0 Å². The number of ether oxygens (including phenoxy) is 1. The van der Waals surface area contributed by atoms with Crippen LogP contribution in [-0.4, -0.2) is 48.4 Å². The van der Waals surface area contributed by atoms with Crippen LogP contribution < -0.4 is 16.0 Å². The van der Waals surface area contributed by atoms with Crippen LogP contribution in [0.15, 0.2) is 30.7 Å². The van der Waals surface area contributed by atoms with Gasteiger partial charge in [0.2, 0.25) is 0 Å². The fourth-order valence-electron chi connectivity index (χ4n) is 4.32. The Morgan fingerprint density at radius 2 is 1.84 bits per heavy atom. The standard InChI is InChI=1S/C24H34FN5O/c1-16(15-31-2)29-19-5-7-20(8-6-19)30-24-10-22(23(25)14-28-24)18-9-21(13-26-12-18)27-11-17-3-4-17/h9-10,12-14,16-17,19-20,27,29H,3-8,11,15H2,1-2H3,(H,28,30)/t16-,19-,20-/m0/s1. The molecule has 3 N–H and O–H groups in total. The maximum Gasteiger partial charge on any atom is 0.149 e. The van der Waals surface area contributed by atoms with E-state index in [2.05, 4.69) is 32.8 Å². The molecule has 0 amide bonds. The van der Waals surface area contributed by atoms with E-state index in [1.165, 1.54) is 19.0 Å². The van der Waals surface area contributed by atoms with Crippen LogP contribution >= 0.6 is 0 Å². The maximum absolute atomic E-state index is 14.6. The summed E-state index contributed by atoms with van der Waals surface area (Å²) < 4.78 is 19.8. The highest BCUT2D eigenvalue weighted by molar-refractivity contribution is 5.69. The number of aromatic nitrogens is 2. The average molecular weight is 428 g/mol. The summed E-state index contributed by atoms with van der Waals surface area (Å²) in [5, 5.41) is 10.6. The summed E-state index contributed by atoms with van der Waals surface area (Å²) in [5.41, 5.74) is 2.23. The summed E-state index contributed by atoms with van der Waals surface area (Å²) >= 11 is 0. The average Bonchev–Trinajstić information content (AvgIpc) is 3.60. The van der Waals surface area contributed by atoms with Gasteiger partial charge in [-0.2, -0.15) is 0 Å². The highest BCUT2D eigenvalue weighted by atomic mass is 19.1. The number of anilines is 2. The lowest BCUT2D eigenvalue weighted by molar-refractivity contribution is 0.161. The Bertz CT molecular complexity index is 852. The minimum absolute atomic E-state index is 0.327. The number of nitrogens with one attached hydrogen (secondary N) is 3. The normalized spacial score (nSPS) is 22.2. The maximum atomic E-state index is 14.6. The molecule has 2 aromatic heterocycles. The molecule has 0 radical (unpaired) electrons. The topological polar surface area (TPSA) is 71.1 Å². The molecular formula is C24H34FN5O. The van der Waals surface area contributed by atoms with E-state index in [9.17, 15) is 4.39 Å². The number of rotatable bonds is 10. The van der Waals surface area contributed by atoms with Crippen molar-refractivity contribution in [3.63, 3.8) is 0 Å². The van der Waals surface area contributed by atoms with Gasteiger partial charge in [0, 0.05) is 55.3 Å². The van der Waals surface area contributed by atoms with Crippen LogP contribution in [0.5, 0.6) is 0 Å². The Labute approximate surface area is 184 Å². The van der Waals surface area contributed by atoms with Crippen molar-refractivity contribution in [1.82, 2.24) is 15.3 Å². The van der Waals surface area contributed by atoms with Crippen LogP contribution in [-0.2, 0) is 4.74 Å². The lowest BCUT2D eigenvalue weighted by Gasteiger charge is -2.31. The van der Waals surface area contributed by atoms with E-state index in [-0.39, 0.29) is 5.82 Å². The van der Waals surface area contributed by atoms with E-state index in [0.29, 0.717) is 23.7 Å². The SMILES string of the molecule is COC[C@H](C)N[C@H]1CC[C@H](Nc2cc(-c3cncc(NCC4CC4)c3)c(F)cn2)CC1. The molecule has 2 saturated carbocycles. The Morgan fingerprint density at radius 3 is 2.58 bits per heavy atom. The van der Waals surface area contributed by atoms with E-state index in [4.69, 9.17) is 4.74 Å². The largest absolute Gasteiger partial charge is 0.384 e. The van der Waals surface area contributed by atoms with Gasteiger partial charge >= 0.3 is 0 Å². The van der Waals surface area contributed by atoms with Gasteiger partial charge in [-0.1, -0.05) is 0 Å². The van der Waals surface area contributed by atoms with Gasteiger partial charge in [-0.05, 0) is 63.5 Å². The molecular weight excluding hydrogens is 393 g/mol. The van der Waals surface area contributed by atoms with E-state index in [1.54, 1.807) is 19.5 Å². The van der Waals surface area contributed by atoms with Gasteiger partial charge in [-0.3, -0.25) is 4.98 Å². The second kappa shape index (κ2) is 10.4. The molecule has 4 rings (SSSR count). The first kappa shape index (κ1) is 22.0. The predicted molar refractivity (Wildman–Crippen MR) is 123 cm³/mol. The summed E-state index contributed by atoms with van der Waals surface area (Å²) in [6.07, 6.45) is 11.7. The van der Waals surface area contributed by atoms with Crippen molar-refractivity contribution in [1.29, 1.82) is 0 Å². The molecule has 2 aliphatic rings. The lowest BCUT2D eigenvalue weighted by Crippen LogP contribution is -2.42. The zero-order valence-electron chi connectivity index (χ0n) is 18.5. The first-order chi connectivity index (χ1) is 15.1. The number of methoxy groups -OCH3 is 1. The monoisotopic (exact) mass is 427 g/mol. The zero-order valence-corrected chi connectivity index (χ0v) is 18.5. The summed E-state index contributed by atoms with van der Waals surface area (Å²) in [6.45, 7) is 3.84. The molecule has 7 heteroatoms. The zero-order chi connectivity index (χ0) is 21.6. The summed E-state index contributed by atoms with van der Waals surface area (Å²) in [4.78, 5) is 8.59. The Balaban J connectivity index is 1.35. The fourth-order valence-corrected chi connectivity index (χ4v) is 4.32. The second-order valence-electron chi connectivity index (χ2n) is 9.05. The number of halogens is 1. The smallest absolute Gasteiger partial charge is 0.149 e. The number of hydrogen-bond acceptors (Lipinski definition) is 6. The number of pyridine rings is 2. The molecule has 2 heterocycles. The van der Waals surface area contributed by atoms with Crippen LogP contribution in [0.3, 0.4) is 0 Å². The lowest BCUT2D eigenvalue weighted by atomic mass is 9.90. The van der Waals surface area contributed by atoms with Crippen molar-refractivity contribution < 1.29 is 9.13 Å². The third-order valence-electron chi connectivity index (χ3n) is 6.21. The van der Waals surface area contributed by atoms with Crippen LogP contribution in [0, 0.1) is 11.7 Å². The molecule has 0 saturated heterocycles. The summed E-state index contributed by atoms with van der Waals surface area (Å²) in [5.74, 6) is 1.16. The van der Waals surface area contributed by atoms with E-state index in [0.717, 1.165) is 61.8 Å². The Hall–Kier alpha value is -2.25. The number of nitrogens with zero attached hydrogens (tertiary/aromatic N) is 2. The van der Waals surface area contributed by atoms with Crippen molar-refractivity contribution in [2.75, 3.05) is 30.9 Å². The van der Waals surface area contributed by atoms with E-state index in [1.807, 2.05) is 12.1 Å². The quantitative estimate of drug-likeness (QED) is 0.520. The molecule has 0 unspecified atom stereocenters. The highest BCUT2D eigenvalue weighted by Crippen LogP contribution is 2.30. The molecule has 0 aromatic carbocycles. The molecule has 2 fully saturated rings. The third-order valence-corrected chi connectivity index (χ3v) is 6.21. The highest BCUT2D eigenvalue weighted by Gasteiger charge is 2.23. The van der Waals surface area contributed by atoms with Gasteiger partial charge in [0.25, 0.3) is 0 Å². The molecule has 0 bridgehead atoms. The Kier molecular flexibility index (Phi) is 7.35. The van der Waals surface area contributed by atoms with Gasteiger partial charge in [-0.15, -0.1) is 0 Å². The molecule has 0 aliphatic heterocycles. The second-order valence-corrected chi connectivity index (χ2v) is 9.05.